The molecule has 6 nitrogen and oxygen atoms in total. The summed E-state index contributed by atoms with van der Waals surface area (Å²) >= 11 is 0. The van der Waals surface area contributed by atoms with Crippen molar-refractivity contribution in [3.05, 3.63) is 11.9 Å². The van der Waals surface area contributed by atoms with Crippen molar-refractivity contribution < 1.29 is 4.79 Å². The Balaban J connectivity index is 2.10. The summed E-state index contributed by atoms with van der Waals surface area (Å²) in [5, 5.41) is 5.96. The van der Waals surface area contributed by atoms with Gasteiger partial charge < -0.3 is 16.4 Å². The molecule has 0 saturated carbocycles. The maximum absolute atomic E-state index is 11.6. The Labute approximate surface area is 106 Å². The number of rotatable bonds is 4. The fraction of sp³-hybridized carbons (Fsp3) is 0.583. The van der Waals surface area contributed by atoms with Crippen LogP contribution in [0.2, 0.25) is 0 Å². The first-order valence-corrected chi connectivity index (χ1v) is 6.36. The summed E-state index contributed by atoms with van der Waals surface area (Å²) in [6.07, 6.45) is 3.55. The van der Waals surface area contributed by atoms with Crippen molar-refractivity contribution in [3.63, 3.8) is 0 Å². The van der Waals surface area contributed by atoms with E-state index in [0.29, 0.717) is 11.6 Å². The lowest BCUT2D eigenvalue weighted by Gasteiger charge is -2.23. The van der Waals surface area contributed by atoms with Gasteiger partial charge in [-0.3, -0.25) is 4.79 Å². The SMILES string of the molecule is CCCc1nc(N)cc(NC2CCCNC2=O)n1. The lowest BCUT2D eigenvalue weighted by Crippen LogP contribution is -2.44. The van der Waals surface area contributed by atoms with Crippen LogP contribution in [0.15, 0.2) is 6.07 Å². The number of carbonyl (C=O) groups is 1. The molecule has 4 N–H and O–H groups in total. The molecule has 2 heterocycles. The lowest BCUT2D eigenvalue weighted by atomic mass is 10.1. The second-order valence-electron chi connectivity index (χ2n) is 4.47. The molecule has 0 aliphatic carbocycles. The molecule has 0 radical (unpaired) electrons. The zero-order valence-corrected chi connectivity index (χ0v) is 10.6. The number of anilines is 2. The van der Waals surface area contributed by atoms with Crippen molar-refractivity contribution >= 4 is 17.5 Å². The van der Waals surface area contributed by atoms with Crippen molar-refractivity contribution in [2.45, 2.75) is 38.6 Å². The van der Waals surface area contributed by atoms with Crippen molar-refractivity contribution in [3.8, 4) is 0 Å². The molecule has 1 amide bonds. The number of hydrogen-bond acceptors (Lipinski definition) is 5. The van der Waals surface area contributed by atoms with Crippen LogP contribution < -0.4 is 16.4 Å². The summed E-state index contributed by atoms with van der Waals surface area (Å²) < 4.78 is 0. The van der Waals surface area contributed by atoms with Gasteiger partial charge >= 0.3 is 0 Å². The van der Waals surface area contributed by atoms with E-state index in [-0.39, 0.29) is 11.9 Å². The Hall–Kier alpha value is -1.85. The molecule has 1 aromatic heterocycles. The van der Waals surface area contributed by atoms with Crippen LogP contribution in [-0.4, -0.2) is 28.5 Å². The highest BCUT2D eigenvalue weighted by Gasteiger charge is 2.22. The van der Waals surface area contributed by atoms with Crippen LogP contribution in [0.5, 0.6) is 0 Å². The maximum Gasteiger partial charge on any atom is 0.242 e. The lowest BCUT2D eigenvalue weighted by molar-refractivity contribution is -0.123. The Kier molecular flexibility index (Phi) is 3.96. The van der Waals surface area contributed by atoms with Gasteiger partial charge in [0.15, 0.2) is 0 Å². The summed E-state index contributed by atoms with van der Waals surface area (Å²) in [6, 6.07) is 1.45. The van der Waals surface area contributed by atoms with Crippen molar-refractivity contribution in [2.75, 3.05) is 17.6 Å². The molecule has 1 saturated heterocycles. The topological polar surface area (TPSA) is 92.9 Å². The van der Waals surface area contributed by atoms with Crippen LogP contribution in [0.1, 0.15) is 32.0 Å². The van der Waals surface area contributed by atoms with Crippen LogP contribution in [-0.2, 0) is 11.2 Å². The third kappa shape index (κ3) is 3.09. The molecule has 6 heteroatoms. The molecule has 1 atom stereocenters. The van der Waals surface area contributed by atoms with Gasteiger partial charge in [-0.05, 0) is 19.3 Å². The Morgan fingerprint density at radius 1 is 1.56 bits per heavy atom. The van der Waals surface area contributed by atoms with Gasteiger partial charge in [-0.2, -0.15) is 0 Å². The third-order valence-electron chi connectivity index (χ3n) is 2.87. The number of carbonyl (C=O) groups excluding carboxylic acids is 1. The van der Waals surface area contributed by atoms with Crippen molar-refractivity contribution in [1.29, 1.82) is 0 Å². The quantitative estimate of drug-likeness (QED) is 0.730. The van der Waals surface area contributed by atoms with E-state index >= 15 is 0 Å². The van der Waals surface area contributed by atoms with E-state index < -0.39 is 0 Å². The first kappa shape index (κ1) is 12.6. The molecular weight excluding hydrogens is 230 g/mol. The minimum Gasteiger partial charge on any atom is -0.384 e. The highest BCUT2D eigenvalue weighted by Crippen LogP contribution is 2.14. The standard InChI is InChI=1S/C12H19N5O/c1-2-4-10-16-9(13)7-11(17-10)15-8-5-3-6-14-12(8)18/h7-8H,2-6H2,1H3,(H,14,18)(H3,13,15,16,17). The van der Waals surface area contributed by atoms with E-state index in [0.717, 1.165) is 38.1 Å². The van der Waals surface area contributed by atoms with Crippen molar-refractivity contribution in [1.82, 2.24) is 15.3 Å². The van der Waals surface area contributed by atoms with Crippen LogP contribution >= 0.6 is 0 Å². The van der Waals surface area contributed by atoms with Gasteiger partial charge in [0.1, 0.15) is 23.5 Å². The van der Waals surface area contributed by atoms with Gasteiger partial charge in [0.25, 0.3) is 0 Å². The van der Waals surface area contributed by atoms with Crippen LogP contribution in [0, 0.1) is 0 Å². The maximum atomic E-state index is 11.6. The minimum absolute atomic E-state index is 0.0236. The Morgan fingerprint density at radius 3 is 3.11 bits per heavy atom. The Morgan fingerprint density at radius 2 is 2.39 bits per heavy atom. The second-order valence-corrected chi connectivity index (χ2v) is 4.47. The zero-order chi connectivity index (χ0) is 13.0. The fourth-order valence-electron chi connectivity index (χ4n) is 2.02. The molecule has 1 fully saturated rings. The van der Waals surface area contributed by atoms with Crippen LogP contribution in [0.25, 0.3) is 0 Å². The van der Waals surface area contributed by atoms with E-state index in [1.165, 1.54) is 0 Å². The van der Waals surface area contributed by atoms with Crippen LogP contribution in [0.4, 0.5) is 11.6 Å². The number of aromatic nitrogens is 2. The van der Waals surface area contributed by atoms with Gasteiger partial charge in [0.05, 0.1) is 0 Å². The molecule has 0 spiro atoms. The number of amides is 1. The van der Waals surface area contributed by atoms with E-state index in [1.54, 1.807) is 6.07 Å². The van der Waals surface area contributed by atoms with Gasteiger partial charge in [-0.15, -0.1) is 0 Å². The zero-order valence-electron chi connectivity index (χ0n) is 10.6. The molecule has 0 bridgehead atoms. The predicted molar refractivity (Wildman–Crippen MR) is 70.1 cm³/mol. The number of nitrogen functional groups attached to an aromatic ring is 1. The summed E-state index contributed by atoms with van der Waals surface area (Å²) in [5.41, 5.74) is 5.74. The summed E-state index contributed by atoms with van der Waals surface area (Å²) in [7, 11) is 0. The average Bonchev–Trinajstić information content (AvgIpc) is 2.32. The number of nitrogens with two attached hydrogens (primary N) is 1. The van der Waals surface area contributed by atoms with Crippen molar-refractivity contribution in [2.24, 2.45) is 0 Å². The number of hydrogen-bond donors (Lipinski definition) is 3. The second kappa shape index (κ2) is 5.66. The molecule has 98 valence electrons. The first-order chi connectivity index (χ1) is 8.69. The van der Waals surface area contributed by atoms with Gasteiger partial charge in [0, 0.05) is 19.0 Å². The fourth-order valence-corrected chi connectivity index (χ4v) is 2.02. The number of aryl methyl sites for hydroxylation is 1. The largest absolute Gasteiger partial charge is 0.384 e. The monoisotopic (exact) mass is 249 g/mol. The molecular formula is C12H19N5O. The number of piperidine rings is 1. The molecule has 1 aliphatic rings. The normalized spacial score (nSPS) is 19.4. The smallest absolute Gasteiger partial charge is 0.242 e. The predicted octanol–water partition coefficient (Wildman–Crippen LogP) is 0.702. The van der Waals surface area contributed by atoms with Gasteiger partial charge in [-0.1, -0.05) is 6.92 Å². The molecule has 1 aliphatic heterocycles. The molecule has 2 rings (SSSR count). The number of nitrogens with zero attached hydrogens (tertiary/aromatic N) is 2. The molecule has 1 unspecified atom stereocenters. The first-order valence-electron chi connectivity index (χ1n) is 6.36. The van der Waals surface area contributed by atoms with E-state index in [1.807, 2.05) is 0 Å². The summed E-state index contributed by atoms with van der Waals surface area (Å²) in [4.78, 5) is 20.2. The highest BCUT2D eigenvalue weighted by atomic mass is 16.2. The van der Waals surface area contributed by atoms with Crippen LogP contribution in [0.3, 0.4) is 0 Å². The minimum atomic E-state index is -0.220. The van der Waals surface area contributed by atoms with Gasteiger partial charge in [-0.25, -0.2) is 9.97 Å². The molecule has 0 aromatic carbocycles. The van der Waals surface area contributed by atoms with E-state index in [4.69, 9.17) is 5.73 Å². The molecule has 18 heavy (non-hydrogen) atoms. The highest BCUT2D eigenvalue weighted by molar-refractivity contribution is 5.85. The average molecular weight is 249 g/mol. The Bertz CT molecular complexity index is 434. The van der Waals surface area contributed by atoms with Gasteiger partial charge in [0.2, 0.25) is 5.91 Å². The molecule has 1 aromatic rings. The van der Waals surface area contributed by atoms with E-state index in [2.05, 4.69) is 27.5 Å². The third-order valence-corrected chi connectivity index (χ3v) is 2.87. The van der Waals surface area contributed by atoms with E-state index in [9.17, 15) is 4.79 Å². The summed E-state index contributed by atoms with van der Waals surface area (Å²) in [6.45, 7) is 2.82. The number of nitrogens with one attached hydrogen (secondary N) is 2. The summed E-state index contributed by atoms with van der Waals surface area (Å²) in [5.74, 6) is 1.81.